The molecule has 0 bridgehead atoms. The molecule has 0 saturated carbocycles. The fourth-order valence-electron chi connectivity index (χ4n) is 4.48. The smallest absolute Gasteiger partial charge is 0.254 e. The number of carbonyl (C=O) groups is 2. The Balaban J connectivity index is 1.64. The molecule has 0 aliphatic carbocycles. The summed E-state index contributed by atoms with van der Waals surface area (Å²) in [6, 6.07) is 18.4. The first-order valence-corrected chi connectivity index (χ1v) is 10.5. The molecule has 3 aromatic carbocycles. The lowest BCUT2D eigenvalue weighted by Gasteiger charge is -2.39. The van der Waals surface area contributed by atoms with Crippen LogP contribution in [0.2, 0.25) is 5.02 Å². The zero-order valence-electron chi connectivity index (χ0n) is 17.1. The molecule has 32 heavy (non-hydrogen) atoms. The number of likely N-dealkylation sites (N-methyl/N-ethyl adjacent to an activating group) is 1. The molecule has 1 aliphatic heterocycles. The number of amides is 2. The van der Waals surface area contributed by atoms with Crippen molar-refractivity contribution in [1.29, 1.82) is 0 Å². The average molecular weight is 448 g/mol. The highest BCUT2D eigenvalue weighted by molar-refractivity contribution is 6.31. The summed E-state index contributed by atoms with van der Waals surface area (Å²) in [5.41, 5.74) is 3.30. The zero-order chi connectivity index (χ0) is 22.4. The van der Waals surface area contributed by atoms with Crippen molar-refractivity contribution >= 4 is 40.0 Å². The Hall–Kier alpha value is -3.64. The van der Waals surface area contributed by atoms with E-state index in [1.807, 2.05) is 42.6 Å². The first-order chi connectivity index (χ1) is 15.5. The highest BCUT2D eigenvalue weighted by Gasteiger charge is 2.43. The van der Waals surface area contributed by atoms with Crippen molar-refractivity contribution in [3.05, 3.63) is 100 Å². The van der Waals surface area contributed by atoms with Crippen LogP contribution in [0.1, 0.15) is 33.4 Å². The summed E-state index contributed by atoms with van der Waals surface area (Å²) in [6.07, 6.45) is 1.85. The van der Waals surface area contributed by atoms with Crippen LogP contribution in [0, 0.1) is 5.82 Å². The third-order valence-electron chi connectivity index (χ3n) is 5.99. The molecule has 1 aromatic heterocycles. The van der Waals surface area contributed by atoms with E-state index >= 15 is 0 Å². The molecule has 0 saturated heterocycles. The van der Waals surface area contributed by atoms with E-state index in [4.69, 9.17) is 11.6 Å². The normalized spacial score (nSPS) is 18.0. The van der Waals surface area contributed by atoms with Gasteiger partial charge in [0.2, 0.25) is 5.91 Å². The van der Waals surface area contributed by atoms with Crippen LogP contribution in [0.5, 0.6) is 0 Å². The topological polar surface area (TPSA) is 65.2 Å². The molecule has 2 amide bonds. The summed E-state index contributed by atoms with van der Waals surface area (Å²) < 4.78 is 13.6. The number of carbonyl (C=O) groups excluding carboxylic acids is 2. The Morgan fingerprint density at radius 1 is 1.06 bits per heavy atom. The Morgan fingerprint density at radius 3 is 2.62 bits per heavy atom. The number of fused-ring (bicyclic) bond motifs is 2. The van der Waals surface area contributed by atoms with Crippen LogP contribution in [-0.2, 0) is 4.79 Å². The van der Waals surface area contributed by atoms with E-state index in [0.29, 0.717) is 16.8 Å². The Morgan fingerprint density at radius 2 is 1.81 bits per heavy atom. The summed E-state index contributed by atoms with van der Waals surface area (Å²) in [4.78, 5) is 31.7. The number of H-pyrrole nitrogens is 1. The lowest BCUT2D eigenvalue weighted by atomic mass is 9.79. The van der Waals surface area contributed by atoms with Crippen LogP contribution in [0.3, 0.4) is 0 Å². The second kappa shape index (κ2) is 7.80. The van der Waals surface area contributed by atoms with Gasteiger partial charge in [0, 0.05) is 41.0 Å². The molecular weight excluding hydrogens is 429 g/mol. The van der Waals surface area contributed by atoms with Crippen LogP contribution in [0.15, 0.2) is 72.9 Å². The number of hydrogen-bond acceptors (Lipinski definition) is 2. The summed E-state index contributed by atoms with van der Waals surface area (Å²) in [5, 5.41) is 3.72. The lowest BCUT2D eigenvalue weighted by molar-refractivity contribution is -0.119. The van der Waals surface area contributed by atoms with E-state index in [1.54, 1.807) is 24.1 Å². The number of benzene rings is 3. The van der Waals surface area contributed by atoms with Crippen molar-refractivity contribution in [3.63, 3.8) is 0 Å². The quantitative estimate of drug-likeness (QED) is 0.435. The molecule has 7 heteroatoms. The molecule has 5 nitrogen and oxygen atoms in total. The maximum absolute atomic E-state index is 13.6. The highest BCUT2D eigenvalue weighted by Crippen LogP contribution is 2.44. The fourth-order valence-corrected chi connectivity index (χ4v) is 4.66. The van der Waals surface area contributed by atoms with Gasteiger partial charge in [-0.1, -0.05) is 48.0 Å². The number of aromatic nitrogens is 1. The van der Waals surface area contributed by atoms with E-state index in [-0.39, 0.29) is 16.8 Å². The average Bonchev–Trinajstić information content (AvgIpc) is 3.22. The van der Waals surface area contributed by atoms with Crippen LogP contribution < -0.4 is 5.32 Å². The van der Waals surface area contributed by atoms with Gasteiger partial charge in [-0.2, -0.15) is 0 Å². The number of para-hydroxylation sites is 1. The first-order valence-electron chi connectivity index (χ1n) is 10.1. The minimum Gasteiger partial charge on any atom is -0.361 e. The molecule has 160 valence electrons. The van der Waals surface area contributed by atoms with Crippen molar-refractivity contribution < 1.29 is 14.0 Å². The maximum Gasteiger partial charge on any atom is 0.254 e. The highest BCUT2D eigenvalue weighted by atomic mass is 35.5. The van der Waals surface area contributed by atoms with Crippen LogP contribution >= 0.6 is 11.6 Å². The SMILES string of the molecule is CN1C(=O)c2ccccc2[C@@H](C(=O)Nc2ccc(F)c(Cl)c2)[C@@H]1c1c[nH]c2ccccc12. The molecule has 1 aliphatic rings. The van der Waals surface area contributed by atoms with Gasteiger partial charge in [0.25, 0.3) is 5.91 Å². The summed E-state index contributed by atoms with van der Waals surface area (Å²) >= 11 is 5.90. The van der Waals surface area contributed by atoms with E-state index < -0.39 is 17.8 Å². The Kier molecular flexibility index (Phi) is 4.94. The number of anilines is 1. The lowest BCUT2D eigenvalue weighted by Crippen LogP contribution is -2.44. The van der Waals surface area contributed by atoms with Gasteiger partial charge in [0.05, 0.1) is 17.0 Å². The molecule has 0 radical (unpaired) electrons. The monoisotopic (exact) mass is 447 g/mol. The molecular formula is C25H19ClFN3O2. The van der Waals surface area contributed by atoms with E-state index in [0.717, 1.165) is 16.5 Å². The van der Waals surface area contributed by atoms with Crippen molar-refractivity contribution in [1.82, 2.24) is 9.88 Å². The number of rotatable bonds is 3. The van der Waals surface area contributed by atoms with Gasteiger partial charge in [-0.3, -0.25) is 9.59 Å². The van der Waals surface area contributed by atoms with Crippen LogP contribution in [-0.4, -0.2) is 28.7 Å². The second-order valence-electron chi connectivity index (χ2n) is 7.83. The molecule has 2 N–H and O–H groups in total. The fraction of sp³-hybridized carbons (Fsp3) is 0.120. The summed E-state index contributed by atoms with van der Waals surface area (Å²) in [5.74, 6) is -1.70. The maximum atomic E-state index is 13.6. The van der Waals surface area contributed by atoms with Gasteiger partial charge in [-0.25, -0.2) is 4.39 Å². The zero-order valence-corrected chi connectivity index (χ0v) is 17.9. The molecule has 2 heterocycles. The predicted octanol–water partition coefficient (Wildman–Crippen LogP) is 5.51. The third kappa shape index (κ3) is 3.24. The number of nitrogens with one attached hydrogen (secondary N) is 2. The predicted molar refractivity (Wildman–Crippen MR) is 122 cm³/mol. The number of nitrogens with zero attached hydrogens (tertiary/aromatic N) is 1. The standard InChI is InChI=1S/C25H19ClFN3O2/c1-30-23(18-13-28-21-9-5-4-6-15(18)21)22(16-7-2-3-8-17(16)25(30)32)24(31)29-14-10-11-20(27)19(26)12-14/h2-13,22-23,28H,1H3,(H,29,31)/t22-,23+/m1/s1. The first kappa shape index (κ1) is 20.3. The van der Waals surface area contributed by atoms with Crippen molar-refractivity contribution in [2.45, 2.75) is 12.0 Å². The van der Waals surface area contributed by atoms with Gasteiger partial charge in [-0.15, -0.1) is 0 Å². The van der Waals surface area contributed by atoms with E-state index in [1.165, 1.54) is 18.2 Å². The van der Waals surface area contributed by atoms with E-state index in [9.17, 15) is 14.0 Å². The molecule has 2 atom stereocenters. The number of aromatic amines is 1. The minimum atomic E-state index is -0.683. The van der Waals surface area contributed by atoms with Crippen LogP contribution in [0.25, 0.3) is 10.9 Å². The van der Waals surface area contributed by atoms with Crippen molar-refractivity contribution in [3.8, 4) is 0 Å². The van der Waals surface area contributed by atoms with E-state index in [2.05, 4.69) is 10.3 Å². The molecule has 4 aromatic rings. The number of hydrogen-bond donors (Lipinski definition) is 2. The Bertz CT molecular complexity index is 1370. The van der Waals surface area contributed by atoms with Gasteiger partial charge >= 0.3 is 0 Å². The molecule has 5 rings (SSSR count). The van der Waals surface area contributed by atoms with Crippen molar-refractivity contribution in [2.75, 3.05) is 12.4 Å². The van der Waals surface area contributed by atoms with Gasteiger partial charge < -0.3 is 15.2 Å². The molecule has 0 spiro atoms. The largest absolute Gasteiger partial charge is 0.361 e. The van der Waals surface area contributed by atoms with Gasteiger partial charge in [0.15, 0.2) is 0 Å². The number of halogens is 2. The van der Waals surface area contributed by atoms with Gasteiger partial charge in [0.1, 0.15) is 5.82 Å². The Labute approximate surface area is 188 Å². The molecule has 0 fully saturated rings. The summed E-state index contributed by atoms with van der Waals surface area (Å²) in [6.45, 7) is 0. The minimum absolute atomic E-state index is 0.0766. The third-order valence-corrected chi connectivity index (χ3v) is 6.28. The summed E-state index contributed by atoms with van der Waals surface area (Å²) in [7, 11) is 1.71. The second-order valence-corrected chi connectivity index (χ2v) is 8.24. The molecule has 0 unspecified atom stereocenters. The van der Waals surface area contributed by atoms with Crippen molar-refractivity contribution in [2.24, 2.45) is 0 Å². The van der Waals surface area contributed by atoms with Crippen LogP contribution in [0.4, 0.5) is 10.1 Å². The van der Waals surface area contributed by atoms with Gasteiger partial charge in [-0.05, 0) is 35.9 Å².